The number of para-hydroxylation sites is 1. The summed E-state index contributed by atoms with van der Waals surface area (Å²) in [7, 11) is -3.08. The highest BCUT2D eigenvalue weighted by molar-refractivity contribution is 7.91. The van der Waals surface area contributed by atoms with E-state index in [1.165, 1.54) is 12.5 Å². The molecule has 0 radical (unpaired) electrons. The van der Waals surface area contributed by atoms with Crippen LogP contribution >= 0.6 is 0 Å². The Bertz CT molecular complexity index is 772. The summed E-state index contributed by atoms with van der Waals surface area (Å²) >= 11 is 0. The minimum Gasteiger partial charge on any atom is -0.464 e. The van der Waals surface area contributed by atoms with Crippen molar-refractivity contribution in [3.8, 4) is 0 Å². The van der Waals surface area contributed by atoms with E-state index in [2.05, 4.69) is 0 Å². The summed E-state index contributed by atoms with van der Waals surface area (Å²) in [6, 6.07) is 7.42. The van der Waals surface area contributed by atoms with Crippen LogP contribution < -0.4 is 0 Å². The fourth-order valence-corrected chi connectivity index (χ4v) is 4.34. The van der Waals surface area contributed by atoms with Crippen molar-refractivity contribution in [2.24, 2.45) is 5.92 Å². The largest absolute Gasteiger partial charge is 0.464 e. The fraction of sp³-hybridized carbons (Fsp3) is 0.438. The number of rotatable bonds is 3. The topological polar surface area (TPSA) is 64.3 Å². The van der Waals surface area contributed by atoms with Crippen LogP contribution in [0.3, 0.4) is 0 Å². The Labute approximate surface area is 124 Å². The molecule has 1 fully saturated rings. The number of carbonyl (C=O) groups excluding carboxylic acids is 1. The number of Topliss-reactive ketones (excluding diaryl/α,β-unsaturated/α-hetero) is 1. The number of hydrogen-bond donors (Lipinski definition) is 0. The molecule has 0 amide bonds. The second kappa shape index (κ2) is 5.30. The SMILES string of the molecule is CS(=O)(=O)C1CCCC(C(=O)c2coc3ccccc23)C1. The molecule has 2 unspecified atom stereocenters. The maximum absolute atomic E-state index is 12.7. The maximum Gasteiger partial charge on any atom is 0.169 e. The Kier molecular flexibility index (Phi) is 3.61. The molecule has 5 heteroatoms. The van der Waals surface area contributed by atoms with E-state index in [-0.39, 0.29) is 11.7 Å². The van der Waals surface area contributed by atoms with Gasteiger partial charge in [0.05, 0.1) is 10.8 Å². The smallest absolute Gasteiger partial charge is 0.169 e. The van der Waals surface area contributed by atoms with E-state index in [1.807, 2.05) is 24.3 Å². The molecule has 21 heavy (non-hydrogen) atoms. The molecule has 1 aromatic carbocycles. The number of benzene rings is 1. The molecule has 4 nitrogen and oxygen atoms in total. The van der Waals surface area contributed by atoms with Gasteiger partial charge in [0.1, 0.15) is 21.7 Å². The van der Waals surface area contributed by atoms with Crippen molar-refractivity contribution in [2.45, 2.75) is 30.9 Å². The molecule has 1 saturated carbocycles. The highest BCUT2D eigenvalue weighted by atomic mass is 32.2. The molecule has 1 aliphatic carbocycles. The molecule has 1 aromatic heterocycles. The van der Waals surface area contributed by atoms with Crippen molar-refractivity contribution < 1.29 is 17.6 Å². The molecule has 2 atom stereocenters. The third-order valence-electron chi connectivity index (χ3n) is 4.35. The molecule has 1 aliphatic rings. The average molecular weight is 306 g/mol. The Morgan fingerprint density at radius 2 is 2.00 bits per heavy atom. The highest BCUT2D eigenvalue weighted by Gasteiger charge is 2.33. The Morgan fingerprint density at radius 3 is 2.76 bits per heavy atom. The van der Waals surface area contributed by atoms with E-state index in [9.17, 15) is 13.2 Å². The zero-order valence-electron chi connectivity index (χ0n) is 11.9. The predicted molar refractivity (Wildman–Crippen MR) is 81.1 cm³/mol. The molecular weight excluding hydrogens is 288 g/mol. The predicted octanol–water partition coefficient (Wildman–Crippen LogP) is 3.22. The summed E-state index contributed by atoms with van der Waals surface area (Å²) in [5.74, 6) is -0.215. The van der Waals surface area contributed by atoms with E-state index in [1.54, 1.807) is 0 Å². The van der Waals surface area contributed by atoms with Crippen molar-refractivity contribution in [1.82, 2.24) is 0 Å². The maximum atomic E-state index is 12.7. The van der Waals surface area contributed by atoms with Gasteiger partial charge in [-0.25, -0.2) is 8.42 Å². The van der Waals surface area contributed by atoms with E-state index in [0.29, 0.717) is 24.0 Å². The first-order valence-corrected chi connectivity index (χ1v) is 9.11. The monoisotopic (exact) mass is 306 g/mol. The van der Waals surface area contributed by atoms with Crippen LogP contribution in [0.2, 0.25) is 0 Å². The summed E-state index contributed by atoms with van der Waals surface area (Å²) in [6.07, 6.45) is 5.38. The lowest BCUT2D eigenvalue weighted by Gasteiger charge is -2.26. The highest BCUT2D eigenvalue weighted by Crippen LogP contribution is 2.33. The van der Waals surface area contributed by atoms with Crippen LogP contribution in [-0.2, 0) is 9.84 Å². The van der Waals surface area contributed by atoms with Crippen LogP contribution in [0.4, 0.5) is 0 Å². The van der Waals surface area contributed by atoms with Crippen LogP contribution in [0.15, 0.2) is 34.9 Å². The minimum absolute atomic E-state index is 0.00769. The lowest BCUT2D eigenvalue weighted by Crippen LogP contribution is -2.31. The van der Waals surface area contributed by atoms with Crippen LogP contribution in [0, 0.1) is 5.92 Å². The number of fused-ring (bicyclic) bond motifs is 1. The van der Waals surface area contributed by atoms with Gasteiger partial charge in [0, 0.05) is 17.6 Å². The molecule has 112 valence electrons. The second-order valence-corrected chi connectivity index (χ2v) is 8.15. The molecule has 1 heterocycles. The minimum atomic E-state index is -3.08. The molecule has 0 bridgehead atoms. The third-order valence-corrected chi connectivity index (χ3v) is 5.99. The summed E-state index contributed by atoms with van der Waals surface area (Å²) in [5.41, 5.74) is 1.26. The summed E-state index contributed by atoms with van der Waals surface area (Å²) < 4.78 is 28.9. The van der Waals surface area contributed by atoms with Gasteiger partial charge < -0.3 is 4.42 Å². The first-order chi connectivity index (χ1) is 9.97. The third kappa shape index (κ3) is 2.75. The van der Waals surface area contributed by atoms with Gasteiger partial charge in [-0.3, -0.25) is 4.79 Å². The first kappa shape index (κ1) is 14.3. The molecule has 0 aliphatic heterocycles. The van der Waals surface area contributed by atoms with E-state index >= 15 is 0 Å². The average Bonchev–Trinajstić information content (AvgIpc) is 2.90. The fourth-order valence-electron chi connectivity index (χ4n) is 3.16. The summed E-state index contributed by atoms with van der Waals surface area (Å²) in [4.78, 5) is 12.7. The molecular formula is C16H18O4S. The summed E-state index contributed by atoms with van der Waals surface area (Å²) in [6.45, 7) is 0. The van der Waals surface area contributed by atoms with Crippen LogP contribution in [0.5, 0.6) is 0 Å². The quantitative estimate of drug-likeness (QED) is 0.817. The van der Waals surface area contributed by atoms with Gasteiger partial charge in [-0.2, -0.15) is 0 Å². The van der Waals surface area contributed by atoms with Gasteiger partial charge in [0.15, 0.2) is 5.78 Å². The van der Waals surface area contributed by atoms with Crippen molar-refractivity contribution in [3.05, 3.63) is 36.1 Å². The van der Waals surface area contributed by atoms with Crippen LogP contribution in [-0.4, -0.2) is 25.7 Å². The Morgan fingerprint density at radius 1 is 1.24 bits per heavy atom. The number of sulfone groups is 1. The standard InChI is InChI=1S/C16H18O4S/c1-21(18,19)12-6-4-5-11(9-12)16(17)14-10-20-15-8-3-2-7-13(14)15/h2-3,7-8,10-12H,4-6,9H2,1H3. The van der Waals surface area contributed by atoms with Crippen molar-refractivity contribution >= 4 is 26.6 Å². The molecule has 0 saturated heterocycles. The van der Waals surface area contributed by atoms with Crippen molar-refractivity contribution in [3.63, 3.8) is 0 Å². The van der Waals surface area contributed by atoms with Crippen molar-refractivity contribution in [1.29, 1.82) is 0 Å². The zero-order chi connectivity index (χ0) is 15.0. The number of hydrogen-bond acceptors (Lipinski definition) is 4. The molecule has 3 rings (SSSR count). The van der Waals surface area contributed by atoms with E-state index in [4.69, 9.17) is 4.42 Å². The second-order valence-electron chi connectivity index (χ2n) is 5.82. The summed E-state index contributed by atoms with van der Waals surface area (Å²) in [5, 5.41) is 0.419. The van der Waals surface area contributed by atoms with E-state index in [0.717, 1.165) is 18.2 Å². The number of ketones is 1. The van der Waals surface area contributed by atoms with Crippen LogP contribution in [0.1, 0.15) is 36.0 Å². The lowest BCUT2D eigenvalue weighted by molar-refractivity contribution is 0.0892. The van der Waals surface area contributed by atoms with E-state index < -0.39 is 15.1 Å². The van der Waals surface area contributed by atoms with Gasteiger partial charge in [-0.1, -0.05) is 24.6 Å². The van der Waals surface area contributed by atoms with Gasteiger partial charge in [-0.05, 0) is 25.3 Å². The van der Waals surface area contributed by atoms with Gasteiger partial charge in [0.2, 0.25) is 0 Å². The van der Waals surface area contributed by atoms with Crippen LogP contribution in [0.25, 0.3) is 11.0 Å². The normalized spacial score (nSPS) is 23.3. The lowest BCUT2D eigenvalue weighted by atomic mass is 9.83. The van der Waals surface area contributed by atoms with Gasteiger partial charge in [0.25, 0.3) is 0 Å². The zero-order valence-corrected chi connectivity index (χ0v) is 12.7. The van der Waals surface area contributed by atoms with Crippen molar-refractivity contribution in [2.75, 3.05) is 6.26 Å². The molecule has 2 aromatic rings. The molecule has 0 N–H and O–H groups in total. The Hall–Kier alpha value is -1.62. The first-order valence-electron chi connectivity index (χ1n) is 7.16. The van der Waals surface area contributed by atoms with Gasteiger partial charge in [-0.15, -0.1) is 0 Å². The number of furan rings is 1. The Balaban J connectivity index is 1.88. The molecule has 0 spiro atoms. The van der Waals surface area contributed by atoms with Gasteiger partial charge >= 0.3 is 0 Å². The number of carbonyl (C=O) groups is 1.